The minimum absolute atomic E-state index is 0.183. The predicted octanol–water partition coefficient (Wildman–Crippen LogP) is 3.92. The molecular formula is C15H29NO. The van der Waals surface area contributed by atoms with Gasteiger partial charge in [0.2, 0.25) is 5.91 Å². The third-order valence-corrected chi connectivity index (χ3v) is 2.38. The van der Waals surface area contributed by atoms with Crippen molar-refractivity contribution in [2.75, 3.05) is 6.54 Å². The van der Waals surface area contributed by atoms with E-state index >= 15 is 0 Å². The molecule has 17 heavy (non-hydrogen) atoms. The first kappa shape index (κ1) is 16.2. The Morgan fingerprint density at radius 3 is 2.41 bits per heavy atom. The summed E-state index contributed by atoms with van der Waals surface area (Å²) in [5.41, 5.74) is 0.366. The highest BCUT2D eigenvalue weighted by atomic mass is 16.1. The van der Waals surface area contributed by atoms with Crippen molar-refractivity contribution in [2.45, 2.75) is 60.3 Å². The van der Waals surface area contributed by atoms with Gasteiger partial charge in [0.1, 0.15) is 0 Å². The summed E-state index contributed by atoms with van der Waals surface area (Å²) < 4.78 is 0. The summed E-state index contributed by atoms with van der Waals surface area (Å²) >= 11 is 0. The van der Waals surface area contributed by atoms with Crippen LogP contribution in [0.4, 0.5) is 0 Å². The number of carbonyl (C=O) groups is 1. The van der Waals surface area contributed by atoms with E-state index in [-0.39, 0.29) is 5.91 Å². The van der Waals surface area contributed by atoms with Gasteiger partial charge in [0.25, 0.3) is 0 Å². The summed E-state index contributed by atoms with van der Waals surface area (Å²) in [5.74, 6) is 0.716. The second-order valence-electron chi connectivity index (χ2n) is 6.33. The van der Waals surface area contributed by atoms with Crippen molar-refractivity contribution in [1.82, 2.24) is 5.32 Å². The number of allylic oxidation sites excluding steroid dienone is 2. The zero-order valence-corrected chi connectivity index (χ0v) is 12.2. The zero-order chi connectivity index (χ0) is 13.3. The van der Waals surface area contributed by atoms with Gasteiger partial charge in [-0.3, -0.25) is 4.79 Å². The molecule has 2 nitrogen and oxygen atoms in total. The fourth-order valence-electron chi connectivity index (χ4n) is 1.34. The number of nitrogens with one attached hydrogen (secondary N) is 1. The number of rotatable bonds is 7. The second-order valence-corrected chi connectivity index (χ2v) is 6.33. The molecular weight excluding hydrogens is 210 g/mol. The molecule has 0 aliphatic heterocycles. The van der Waals surface area contributed by atoms with Gasteiger partial charge in [-0.1, -0.05) is 46.8 Å². The summed E-state index contributed by atoms with van der Waals surface area (Å²) in [6.45, 7) is 11.7. The lowest BCUT2D eigenvalue weighted by molar-refractivity contribution is -0.121. The molecule has 2 heteroatoms. The van der Waals surface area contributed by atoms with E-state index in [1.807, 2.05) is 0 Å². The van der Waals surface area contributed by atoms with Crippen molar-refractivity contribution in [1.29, 1.82) is 0 Å². The second kappa shape index (κ2) is 8.32. The summed E-state index contributed by atoms with van der Waals surface area (Å²) in [4.78, 5) is 11.4. The van der Waals surface area contributed by atoms with Crippen molar-refractivity contribution >= 4 is 5.91 Å². The molecule has 0 saturated carbocycles. The maximum atomic E-state index is 11.4. The predicted molar refractivity (Wildman–Crippen MR) is 74.9 cm³/mol. The lowest BCUT2D eigenvalue weighted by Crippen LogP contribution is -2.26. The van der Waals surface area contributed by atoms with Crippen molar-refractivity contribution in [2.24, 2.45) is 11.3 Å². The summed E-state index contributed by atoms with van der Waals surface area (Å²) in [7, 11) is 0. The molecule has 0 atom stereocenters. The normalized spacial score (nSPS) is 12.4. The first-order chi connectivity index (χ1) is 7.81. The molecule has 0 aromatic heterocycles. The molecule has 0 saturated heterocycles. The Morgan fingerprint density at radius 1 is 1.24 bits per heavy atom. The quantitative estimate of drug-likeness (QED) is 0.529. The molecule has 0 fully saturated rings. The Kier molecular flexibility index (Phi) is 7.94. The Morgan fingerprint density at radius 2 is 1.88 bits per heavy atom. The van der Waals surface area contributed by atoms with Crippen LogP contribution in [0, 0.1) is 11.3 Å². The average molecular weight is 239 g/mol. The van der Waals surface area contributed by atoms with Gasteiger partial charge in [-0.05, 0) is 30.6 Å². The molecule has 0 spiro atoms. The Hall–Kier alpha value is -0.790. The summed E-state index contributed by atoms with van der Waals surface area (Å²) in [6.07, 6.45) is 8.13. The van der Waals surface area contributed by atoms with E-state index in [2.05, 4.69) is 52.1 Å². The lowest BCUT2D eigenvalue weighted by atomic mass is 9.92. The van der Waals surface area contributed by atoms with Crippen LogP contribution in [-0.2, 0) is 4.79 Å². The SMILES string of the molecule is CC(C)CNC(=O)CCC/C=C\CC(C)(C)C. The monoisotopic (exact) mass is 239 g/mol. The minimum Gasteiger partial charge on any atom is -0.356 e. The fraction of sp³-hybridized carbons (Fsp3) is 0.800. The van der Waals surface area contributed by atoms with Gasteiger partial charge in [-0.25, -0.2) is 0 Å². The largest absolute Gasteiger partial charge is 0.356 e. The van der Waals surface area contributed by atoms with Gasteiger partial charge in [0.15, 0.2) is 0 Å². The van der Waals surface area contributed by atoms with Crippen LogP contribution in [-0.4, -0.2) is 12.5 Å². The number of hydrogen-bond donors (Lipinski definition) is 1. The van der Waals surface area contributed by atoms with E-state index in [0.717, 1.165) is 25.8 Å². The molecule has 0 radical (unpaired) electrons. The molecule has 1 amide bonds. The van der Waals surface area contributed by atoms with Crippen LogP contribution in [0.25, 0.3) is 0 Å². The smallest absolute Gasteiger partial charge is 0.220 e. The zero-order valence-electron chi connectivity index (χ0n) is 12.2. The summed E-state index contributed by atoms with van der Waals surface area (Å²) in [5, 5.41) is 2.93. The third kappa shape index (κ3) is 13.1. The molecule has 0 rings (SSSR count). The Bertz CT molecular complexity index is 236. The first-order valence-electron chi connectivity index (χ1n) is 6.73. The summed E-state index contributed by atoms with van der Waals surface area (Å²) in [6, 6.07) is 0. The molecule has 0 aromatic carbocycles. The highest BCUT2D eigenvalue weighted by molar-refractivity contribution is 5.75. The van der Waals surface area contributed by atoms with Crippen LogP contribution in [0.15, 0.2) is 12.2 Å². The van der Waals surface area contributed by atoms with Crippen molar-refractivity contribution in [3.05, 3.63) is 12.2 Å². The van der Waals surface area contributed by atoms with Crippen LogP contribution in [0.3, 0.4) is 0 Å². The van der Waals surface area contributed by atoms with Crippen molar-refractivity contribution < 1.29 is 4.79 Å². The van der Waals surface area contributed by atoms with Gasteiger partial charge < -0.3 is 5.32 Å². The Balaban J connectivity index is 3.48. The van der Waals surface area contributed by atoms with Gasteiger partial charge in [-0.15, -0.1) is 0 Å². The van der Waals surface area contributed by atoms with Crippen molar-refractivity contribution in [3.8, 4) is 0 Å². The molecule has 0 aliphatic carbocycles. The molecule has 0 aliphatic rings. The molecule has 0 unspecified atom stereocenters. The average Bonchev–Trinajstić information content (AvgIpc) is 2.18. The highest BCUT2D eigenvalue weighted by Crippen LogP contribution is 2.18. The maximum Gasteiger partial charge on any atom is 0.220 e. The molecule has 0 bridgehead atoms. The van der Waals surface area contributed by atoms with Crippen LogP contribution < -0.4 is 5.32 Å². The minimum atomic E-state index is 0.183. The fourth-order valence-corrected chi connectivity index (χ4v) is 1.34. The van der Waals surface area contributed by atoms with E-state index in [1.165, 1.54) is 0 Å². The number of amides is 1. The van der Waals surface area contributed by atoms with E-state index in [9.17, 15) is 4.79 Å². The molecule has 100 valence electrons. The highest BCUT2D eigenvalue weighted by Gasteiger charge is 2.06. The topological polar surface area (TPSA) is 29.1 Å². The molecule has 0 aromatic rings. The molecule has 1 N–H and O–H groups in total. The first-order valence-corrected chi connectivity index (χ1v) is 6.73. The van der Waals surface area contributed by atoms with Crippen molar-refractivity contribution in [3.63, 3.8) is 0 Å². The third-order valence-electron chi connectivity index (χ3n) is 2.38. The van der Waals surface area contributed by atoms with E-state index < -0.39 is 0 Å². The van der Waals surface area contributed by atoms with Crippen LogP contribution in [0.2, 0.25) is 0 Å². The number of hydrogen-bond acceptors (Lipinski definition) is 1. The number of unbranched alkanes of at least 4 members (excludes halogenated alkanes) is 1. The van der Waals surface area contributed by atoms with Crippen LogP contribution in [0.1, 0.15) is 60.3 Å². The van der Waals surface area contributed by atoms with Crippen LogP contribution >= 0.6 is 0 Å². The Labute approximate surface area is 107 Å². The van der Waals surface area contributed by atoms with E-state index in [1.54, 1.807) is 0 Å². The van der Waals surface area contributed by atoms with E-state index in [4.69, 9.17) is 0 Å². The lowest BCUT2D eigenvalue weighted by Gasteiger charge is -2.14. The van der Waals surface area contributed by atoms with Gasteiger partial charge in [0.05, 0.1) is 0 Å². The van der Waals surface area contributed by atoms with E-state index in [0.29, 0.717) is 17.8 Å². The van der Waals surface area contributed by atoms with Gasteiger partial charge >= 0.3 is 0 Å². The number of carbonyl (C=O) groups excluding carboxylic acids is 1. The van der Waals surface area contributed by atoms with Crippen LogP contribution in [0.5, 0.6) is 0 Å². The van der Waals surface area contributed by atoms with Gasteiger partial charge in [0, 0.05) is 13.0 Å². The molecule has 0 heterocycles. The van der Waals surface area contributed by atoms with Gasteiger partial charge in [-0.2, -0.15) is 0 Å². The standard InChI is InChI=1S/C15H29NO/c1-13(2)12-16-14(17)10-8-6-7-9-11-15(3,4)5/h7,9,13H,6,8,10-12H2,1-5H3,(H,16,17)/b9-7-. The maximum absolute atomic E-state index is 11.4.